The molecule has 0 saturated carbocycles. The number of amides is 1. The van der Waals surface area contributed by atoms with E-state index in [0.717, 1.165) is 12.0 Å². The summed E-state index contributed by atoms with van der Waals surface area (Å²) in [5, 5.41) is 12.1. The number of hydrogen-bond donors (Lipinski definition) is 2. The third-order valence-corrected chi connectivity index (χ3v) is 5.39. The van der Waals surface area contributed by atoms with Crippen LogP contribution in [0.5, 0.6) is 5.75 Å². The minimum absolute atomic E-state index is 0.0905. The first kappa shape index (κ1) is 25.2. The van der Waals surface area contributed by atoms with Crippen LogP contribution in [0.25, 0.3) is 0 Å². The van der Waals surface area contributed by atoms with E-state index in [1.165, 1.54) is 0 Å². The number of carbonyl (C=O) groups excluding carboxylic acids is 1. The van der Waals surface area contributed by atoms with Crippen LogP contribution in [-0.2, 0) is 4.74 Å². The summed E-state index contributed by atoms with van der Waals surface area (Å²) in [5.74, 6) is 0.489. The Morgan fingerprint density at radius 1 is 1.11 bits per heavy atom. The minimum Gasteiger partial charge on any atom is -0.423 e. The van der Waals surface area contributed by atoms with Crippen LogP contribution in [0.3, 0.4) is 0 Å². The average Bonchev–Trinajstić information content (AvgIpc) is 2.51. The highest BCUT2D eigenvalue weighted by Crippen LogP contribution is 2.45. The van der Waals surface area contributed by atoms with Gasteiger partial charge in [-0.3, -0.25) is 4.79 Å². The number of aliphatic hydroxyl groups is 1. The van der Waals surface area contributed by atoms with Gasteiger partial charge < -0.3 is 19.3 Å². The highest BCUT2D eigenvalue weighted by Gasteiger charge is 2.24. The SMILES string of the molecule is CC(C)(CCOC(C)(C)CCO)NC(=O)c1ccc(OSC(Br)(Br)Br)cc1. The molecule has 0 aliphatic carbocycles. The van der Waals surface area contributed by atoms with E-state index in [4.69, 9.17) is 14.0 Å². The molecule has 1 rings (SSSR count). The van der Waals surface area contributed by atoms with Crippen LogP contribution in [-0.4, -0.2) is 36.8 Å². The lowest BCUT2D eigenvalue weighted by atomic mass is 9.99. The number of alkyl halides is 3. The molecule has 0 fully saturated rings. The predicted molar refractivity (Wildman–Crippen MR) is 122 cm³/mol. The van der Waals surface area contributed by atoms with Crippen LogP contribution in [0.15, 0.2) is 24.3 Å². The van der Waals surface area contributed by atoms with Gasteiger partial charge in [-0.15, -0.1) is 0 Å². The van der Waals surface area contributed by atoms with E-state index in [-0.39, 0.29) is 18.1 Å². The number of benzene rings is 1. The highest BCUT2D eigenvalue weighted by molar-refractivity contribution is 9.42. The summed E-state index contributed by atoms with van der Waals surface area (Å²) in [6.45, 7) is 8.40. The van der Waals surface area contributed by atoms with E-state index in [1.807, 2.05) is 27.7 Å². The lowest BCUT2D eigenvalue weighted by molar-refractivity contribution is -0.0388. The molecule has 1 amide bonds. The molecular weight excluding hydrogens is 566 g/mol. The van der Waals surface area contributed by atoms with Gasteiger partial charge in [0.2, 0.25) is 1.47 Å². The second-order valence-corrected chi connectivity index (χ2v) is 16.6. The number of hydrogen-bond acceptors (Lipinski definition) is 5. The lowest BCUT2D eigenvalue weighted by Crippen LogP contribution is -2.44. The van der Waals surface area contributed by atoms with E-state index >= 15 is 0 Å². The average molecular weight is 592 g/mol. The van der Waals surface area contributed by atoms with Gasteiger partial charge in [-0.25, -0.2) is 0 Å². The van der Waals surface area contributed by atoms with Crippen molar-refractivity contribution in [1.29, 1.82) is 0 Å². The summed E-state index contributed by atoms with van der Waals surface area (Å²) in [6, 6.07) is 6.93. The van der Waals surface area contributed by atoms with Crippen molar-refractivity contribution in [3.05, 3.63) is 29.8 Å². The Bertz CT molecular complexity index is 604. The van der Waals surface area contributed by atoms with Crippen molar-refractivity contribution in [2.75, 3.05) is 13.2 Å². The maximum absolute atomic E-state index is 12.5. The van der Waals surface area contributed by atoms with Crippen LogP contribution in [0, 0.1) is 0 Å². The highest BCUT2D eigenvalue weighted by atomic mass is 80.0. The smallest absolute Gasteiger partial charge is 0.251 e. The molecule has 0 aliphatic rings. The Balaban J connectivity index is 2.53. The summed E-state index contributed by atoms with van der Waals surface area (Å²) in [5.41, 5.74) is -0.233. The molecule has 2 N–H and O–H groups in total. The molecule has 0 radical (unpaired) electrons. The van der Waals surface area contributed by atoms with E-state index in [1.54, 1.807) is 24.3 Å². The molecule has 0 bridgehead atoms. The molecule has 0 unspecified atom stereocenters. The number of nitrogens with one attached hydrogen (secondary N) is 1. The van der Waals surface area contributed by atoms with Gasteiger partial charge in [-0.2, -0.15) is 0 Å². The molecule has 154 valence electrons. The van der Waals surface area contributed by atoms with Gasteiger partial charge in [0, 0.05) is 24.3 Å². The van der Waals surface area contributed by atoms with E-state index in [0.29, 0.717) is 30.8 Å². The molecule has 27 heavy (non-hydrogen) atoms. The summed E-state index contributed by atoms with van der Waals surface area (Å²) < 4.78 is 10.8. The largest absolute Gasteiger partial charge is 0.423 e. The molecule has 0 atom stereocenters. The fourth-order valence-corrected chi connectivity index (χ4v) is 3.02. The standard InChI is InChI=1S/C18H26Br3NO4S/c1-16(2,10-12-25-17(3,4)9-11-23)22-15(24)13-5-7-14(8-6-13)26-27-18(19,20)21/h5-8,23H,9-12H2,1-4H3,(H,22,24). The van der Waals surface area contributed by atoms with Crippen molar-refractivity contribution < 1.29 is 18.8 Å². The third kappa shape index (κ3) is 11.1. The molecule has 0 aliphatic heterocycles. The van der Waals surface area contributed by atoms with Crippen molar-refractivity contribution in [3.8, 4) is 5.75 Å². The van der Waals surface area contributed by atoms with Crippen LogP contribution < -0.4 is 9.50 Å². The van der Waals surface area contributed by atoms with Gasteiger partial charge in [0.15, 0.2) is 0 Å². The Hall–Kier alpha value is 0.200. The summed E-state index contributed by atoms with van der Waals surface area (Å²) >= 11 is 11.1. The topological polar surface area (TPSA) is 67.8 Å². The van der Waals surface area contributed by atoms with Gasteiger partial charge in [-0.1, -0.05) is 0 Å². The summed E-state index contributed by atoms with van der Waals surface area (Å²) in [7, 11) is 0. The molecule has 1 aromatic rings. The number of halogens is 3. The Morgan fingerprint density at radius 2 is 1.70 bits per heavy atom. The fourth-order valence-electron chi connectivity index (χ4n) is 2.12. The zero-order chi connectivity index (χ0) is 20.7. The molecule has 9 heteroatoms. The minimum atomic E-state index is -0.555. The van der Waals surface area contributed by atoms with Crippen LogP contribution >= 0.6 is 59.8 Å². The molecule has 0 heterocycles. The van der Waals surface area contributed by atoms with Crippen LogP contribution in [0.2, 0.25) is 0 Å². The van der Waals surface area contributed by atoms with Gasteiger partial charge >= 0.3 is 0 Å². The van der Waals surface area contributed by atoms with Crippen molar-refractivity contribution in [2.24, 2.45) is 0 Å². The zero-order valence-electron chi connectivity index (χ0n) is 15.9. The maximum Gasteiger partial charge on any atom is 0.251 e. The molecule has 5 nitrogen and oxygen atoms in total. The number of carbonyl (C=O) groups is 1. The number of aliphatic hydroxyl groups excluding tert-OH is 1. The normalized spacial score (nSPS) is 12.7. The van der Waals surface area contributed by atoms with Gasteiger partial charge in [0.25, 0.3) is 5.91 Å². The van der Waals surface area contributed by atoms with Crippen LogP contribution in [0.4, 0.5) is 0 Å². The molecule has 1 aromatic carbocycles. The Morgan fingerprint density at radius 3 is 2.22 bits per heavy atom. The first-order chi connectivity index (χ1) is 12.3. The van der Waals surface area contributed by atoms with Gasteiger partial charge in [0.1, 0.15) is 5.75 Å². The third-order valence-electron chi connectivity index (χ3n) is 3.73. The van der Waals surface area contributed by atoms with E-state index in [2.05, 4.69) is 53.1 Å². The fraction of sp³-hybridized carbons (Fsp3) is 0.611. The first-order valence-electron chi connectivity index (χ1n) is 8.43. The zero-order valence-corrected chi connectivity index (χ0v) is 21.4. The van der Waals surface area contributed by atoms with Crippen LogP contribution in [0.1, 0.15) is 50.9 Å². The lowest BCUT2D eigenvalue weighted by Gasteiger charge is -2.30. The quantitative estimate of drug-likeness (QED) is 0.274. The number of rotatable bonds is 10. The maximum atomic E-state index is 12.5. The second-order valence-electron chi connectivity index (χ2n) is 7.31. The van der Waals surface area contributed by atoms with Crippen molar-refractivity contribution in [2.45, 2.75) is 53.2 Å². The predicted octanol–water partition coefficient (Wildman–Crippen LogP) is 5.59. The Labute approximate surface area is 190 Å². The van der Waals surface area contributed by atoms with Gasteiger partial charge in [-0.05, 0) is 113 Å². The van der Waals surface area contributed by atoms with Crippen molar-refractivity contribution in [3.63, 3.8) is 0 Å². The van der Waals surface area contributed by atoms with Crippen molar-refractivity contribution in [1.82, 2.24) is 5.32 Å². The molecule has 0 aromatic heterocycles. The monoisotopic (exact) mass is 589 g/mol. The van der Waals surface area contributed by atoms with Crippen molar-refractivity contribution >= 4 is 65.7 Å². The Kier molecular flexibility index (Phi) is 10.1. The van der Waals surface area contributed by atoms with E-state index < -0.39 is 7.01 Å². The molecular formula is C18H26Br3NO4S. The number of ether oxygens (including phenoxy) is 1. The molecule has 0 saturated heterocycles. The first-order valence-corrected chi connectivity index (χ1v) is 11.6. The summed E-state index contributed by atoms with van der Waals surface area (Å²) in [4.78, 5) is 12.5. The van der Waals surface area contributed by atoms with Gasteiger partial charge in [0.05, 0.1) is 17.6 Å². The summed E-state index contributed by atoms with van der Waals surface area (Å²) in [6.07, 6.45) is 1.24. The molecule has 0 spiro atoms. The van der Waals surface area contributed by atoms with E-state index in [9.17, 15) is 4.79 Å². The second kappa shape index (κ2) is 10.8.